The summed E-state index contributed by atoms with van der Waals surface area (Å²) >= 11 is 6.73. The highest BCUT2D eigenvalue weighted by Gasteiger charge is 2.23. The molecule has 0 unspecified atom stereocenters. The molecule has 0 spiro atoms. The molecule has 0 saturated heterocycles. The number of aryl methyl sites for hydroxylation is 2. The molecule has 146 valence electrons. The van der Waals surface area contributed by atoms with Crippen molar-refractivity contribution in [2.24, 2.45) is 0 Å². The van der Waals surface area contributed by atoms with Crippen molar-refractivity contribution in [2.45, 2.75) is 13.8 Å². The first-order valence-corrected chi connectivity index (χ1v) is 9.80. The van der Waals surface area contributed by atoms with E-state index in [0.29, 0.717) is 28.0 Å². The van der Waals surface area contributed by atoms with Gasteiger partial charge in [0.1, 0.15) is 10.7 Å². The fraction of sp³-hybridized carbons (Fsp3) is 0.0952. The van der Waals surface area contributed by atoms with Gasteiger partial charge in [-0.1, -0.05) is 41.4 Å². The standard InChI is InChI=1S/C21H15ClN8/c1-11-8-9-15-14(10-11)17-19(23-15)24-21-26-25-20(30(21)28-17)16-12(2)27-29(18(16)22)13-6-4-3-5-7-13/h3-10H,1-2H3,(H,23,24,26). The molecule has 0 saturated carbocycles. The molecule has 30 heavy (non-hydrogen) atoms. The van der Waals surface area contributed by atoms with Gasteiger partial charge in [-0.2, -0.15) is 19.7 Å². The van der Waals surface area contributed by atoms with Gasteiger partial charge in [0.15, 0.2) is 11.5 Å². The predicted molar refractivity (Wildman–Crippen MR) is 115 cm³/mol. The van der Waals surface area contributed by atoms with E-state index in [0.717, 1.165) is 33.4 Å². The molecular weight excluding hydrogens is 400 g/mol. The number of nitrogens with one attached hydrogen (secondary N) is 1. The van der Waals surface area contributed by atoms with Crippen LogP contribution in [0.15, 0.2) is 48.5 Å². The predicted octanol–water partition coefficient (Wildman–Crippen LogP) is 4.28. The molecule has 6 aromatic rings. The van der Waals surface area contributed by atoms with Gasteiger partial charge in [0.2, 0.25) is 0 Å². The summed E-state index contributed by atoms with van der Waals surface area (Å²) in [4.78, 5) is 7.91. The zero-order chi connectivity index (χ0) is 20.4. The van der Waals surface area contributed by atoms with Gasteiger partial charge in [0, 0.05) is 10.9 Å². The maximum atomic E-state index is 6.73. The van der Waals surface area contributed by atoms with Crippen molar-refractivity contribution >= 4 is 39.4 Å². The number of fused-ring (bicyclic) bond motifs is 4. The van der Waals surface area contributed by atoms with E-state index < -0.39 is 0 Å². The van der Waals surface area contributed by atoms with Gasteiger partial charge in [-0.15, -0.1) is 10.2 Å². The molecule has 0 radical (unpaired) electrons. The van der Waals surface area contributed by atoms with Gasteiger partial charge in [0.05, 0.1) is 16.9 Å². The lowest BCUT2D eigenvalue weighted by atomic mass is 10.2. The Labute approximate surface area is 175 Å². The molecule has 1 N–H and O–H groups in total. The van der Waals surface area contributed by atoms with Gasteiger partial charge in [-0.05, 0) is 38.1 Å². The van der Waals surface area contributed by atoms with E-state index in [4.69, 9.17) is 16.7 Å². The first-order valence-electron chi connectivity index (χ1n) is 9.42. The van der Waals surface area contributed by atoms with Crippen molar-refractivity contribution < 1.29 is 0 Å². The van der Waals surface area contributed by atoms with Crippen LogP contribution in [0.5, 0.6) is 0 Å². The summed E-state index contributed by atoms with van der Waals surface area (Å²) in [7, 11) is 0. The Bertz CT molecular complexity index is 1580. The highest BCUT2D eigenvalue weighted by atomic mass is 35.5. The van der Waals surface area contributed by atoms with Crippen LogP contribution in [0.3, 0.4) is 0 Å². The Morgan fingerprint density at radius 1 is 0.967 bits per heavy atom. The number of aromatic nitrogens is 8. The third kappa shape index (κ3) is 2.37. The maximum absolute atomic E-state index is 6.73. The van der Waals surface area contributed by atoms with E-state index in [9.17, 15) is 0 Å². The van der Waals surface area contributed by atoms with Gasteiger partial charge in [0.25, 0.3) is 5.78 Å². The summed E-state index contributed by atoms with van der Waals surface area (Å²) < 4.78 is 3.32. The monoisotopic (exact) mass is 414 g/mol. The van der Waals surface area contributed by atoms with Crippen LogP contribution in [0, 0.1) is 13.8 Å². The van der Waals surface area contributed by atoms with E-state index in [1.807, 2.05) is 43.3 Å². The Kier molecular flexibility index (Phi) is 3.48. The van der Waals surface area contributed by atoms with Crippen molar-refractivity contribution in [1.82, 2.24) is 39.6 Å². The third-order valence-corrected chi connectivity index (χ3v) is 5.52. The molecule has 0 bridgehead atoms. The Hall–Kier alpha value is -3.78. The van der Waals surface area contributed by atoms with Crippen molar-refractivity contribution in [3.05, 3.63) is 64.9 Å². The third-order valence-electron chi connectivity index (χ3n) is 5.17. The summed E-state index contributed by atoms with van der Waals surface area (Å²) in [6.45, 7) is 3.94. The number of H-pyrrole nitrogens is 1. The maximum Gasteiger partial charge on any atom is 0.274 e. The summed E-state index contributed by atoms with van der Waals surface area (Å²) in [6, 6.07) is 15.9. The molecular formula is C21H15ClN8. The zero-order valence-corrected chi connectivity index (χ0v) is 16.9. The molecule has 0 amide bonds. The van der Waals surface area contributed by atoms with E-state index >= 15 is 0 Å². The minimum Gasteiger partial charge on any atom is -0.338 e. The average Bonchev–Trinajstić information content (AvgIpc) is 3.40. The number of hydrogen-bond donors (Lipinski definition) is 1. The van der Waals surface area contributed by atoms with Crippen LogP contribution >= 0.6 is 11.6 Å². The minimum absolute atomic E-state index is 0.392. The summed E-state index contributed by atoms with van der Waals surface area (Å²) in [6.07, 6.45) is 0. The first-order chi connectivity index (χ1) is 14.6. The summed E-state index contributed by atoms with van der Waals surface area (Å²) in [5.41, 5.74) is 5.83. The molecule has 4 heterocycles. The fourth-order valence-electron chi connectivity index (χ4n) is 3.74. The number of halogens is 1. The SMILES string of the molecule is Cc1ccc2[nH]c3nc4nnc(-c5c(C)nn(-c6ccccc6)c5Cl)n4nc3c2c1. The number of para-hydroxylation sites is 1. The lowest BCUT2D eigenvalue weighted by molar-refractivity contribution is 0.863. The largest absolute Gasteiger partial charge is 0.338 e. The van der Waals surface area contributed by atoms with Gasteiger partial charge >= 0.3 is 0 Å². The van der Waals surface area contributed by atoms with Crippen LogP contribution in [0.2, 0.25) is 5.15 Å². The molecule has 6 rings (SSSR count). The molecule has 0 aliphatic rings. The fourth-order valence-corrected chi connectivity index (χ4v) is 4.10. The number of nitrogens with zero attached hydrogens (tertiary/aromatic N) is 7. The van der Waals surface area contributed by atoms with Gasteiger partial charge in [-0.3, -0.25) is 0 Å². The summed E-state index contributed by atoms with van der Waals surface area (Å²) in [5.74, 6) is 0.898. The molecule has 8 nitrogen and oxygen atoms in total. The molecule has 2 aromatic carbocycles. The molecule has 0 atom stereocenters. The second-order valence-corrected chi connectivity index (χ2v) is 7.58. The molecule has 4 aromatic heterocycles. The van der Waals surface area contributed by atoms with Crippen LogP contribution in [-0.2, 0) is 0 Å². The second kappa shape index (κ2) is 6.11. The van der Waals surface area contributed by atoms with Crippen LogP contribution < -0.4 is 0 Å². The van der Waals surface area contributed by atoms with Crippen LogP contribution in [-0.4, -0.2) is 39.6 Å². The molecule has 0 fully saturated rings. The Morgan fingerprint density at radius 3 is 2.63 bits per heavy atom. The van der Waals surface area contributed by atoms with Crippen molar-refractivity contribution in [2.75, 3.05) is 0 Å². The molecule has 0 aliphatic carbocycles. The number of benzene rings is 2. The van der Waals surface area contributed by atoms with Crippen molar-refractivity contribution in [3.63, 3.8) is 0 Å². The zero-order valence-electron chi connectivity index (χ0n) is 16.1. The summed E-state index contributed by atoms with van der Waals surface area (Å²) in [5, 5.41) is 19.4. The van der Waals surface area contributed by atoms with Crippen molar-refractivity contribution in [1.29, 1.82) is 0 Å². The van der Waals surface area contributed by atoms with E-state index in [2.05, 4.69) is 44.3 Å². The van der Waals surface area contributed by atoms with Crippen LogP contribution in [0.1, 0.15) is 11.3 Å². The average molecular weight is 415 g/mol. The quantitative estimate of drug-likeness (QED) is 0.456. The Balaban J connectivity index is 1.62. The smallest absolute Gasteiger partial charge is 0.274 e. The lowest BCUT2D eigenvalue weighted by Gasteiger charge is -2.02. The second-order valence-electron chi connectivity index (χ2n) is 7.22. The van der Waals surface area contributed by atoms with E-state index in [-0.39, 0.29) is 0 Å². The van der Waals surface area contributed by atoms with Crippen molar-refractivity contribution in [3.8, 4) is 17.1 Å². The van der Waals surface area contributed by atoms with E-state index in [1.54, 1.807) is 9.20 Å². The molecule has 0 aliphatic heterocycles. The van der Waals surface area contributed by atoms with Gasteiger partial charge < -0.3 is 4.98 Å². The highest BCUT2D eigenvalue weighted by molar-refractivity contribution is 6.32. The number of hydrogen-bond acceptors (Lipinski definition) is 5. The van der Waals surface area contributed by atoms with Crippen LogP contribution in [0.4, 0.5) is 0 Å². The van der Waals surface area contributed by atoms with Crippen LogP contribution in [0.25, 0.3) is 44.9 Å². The normalized spacial score (nSPS) is 11.8. The lowest BCUT2D eigenvalue weighted by Crippen LogP contribution is -1.99. The minimum atomic E-state index is 0.392. The first kappa shape index (κ1) is 17.1. The van der Waals surface area contributed by atoms with Gasteiger partial charge in [-0.25, -0.2) is 4.68 Å². The molecule has 9 heteroatoms. The topological polar surface area (TPSA) is 89.6 Å². The Morgan fingerprint density at radius 2 is 1.80 bits per heavy atom. The highest BCUT2D eigenvalue weighted by Crippen LogP contribution is 2.32. The van der Waals surface area contributed by atoms with E-state index in [1.165, 1.54) is 0 Å². The number of rotatable bonds is 2. The number of aromatic amines is 1.